The molecule has 0 unspecified atom stereocenters. The first-order chi connectivity index (χ1) is 13.3. The molecule has 28 heavy (non-hydrogen) atoms. The van der Waals surface area contributed by atoms with Crippen LogP contribution >= 0.6 is 11.6 Å². The summed E-state index contributed by atoms with van der Waals surface area (Å²) in [4.78, 5) is 26.8. The normalized spacial score (nSPS) is 15.1. The summed E-state index contributed by atoms with van der Waals surface area (Å²) < 4.78 is 5.84. The predicted molar refractivity (Wildman–Crippen MR) is 112 cm³/mol. The van der Waals surface area contributed by atoms with E-state index in [1.165, 1.54) is 0 Å². The van der Waals surface area contributed by atoms with Crippen molar-refractivity contribution in [2.45, 2.75) is 13.8 Å². The average molecular weight is 400 g/mol. The third kappa shape index (κ3) is 4.28. The Morgan fingerprint density at radius 3 is 2.64 bits per heavy atom. The lowest BCUT2D eigenvalue weighted by Gasteiger charge is -2.27. The first kappa shape index (κ1) is 19.8. The minimum atomic E-state index is -0.667. The molecule has 0 bridgehead atoms. The number of nitrogens with zero attached hydrogens (tertiary/aromatic N) is 1. The third-order valence-corrected chi connectivity index (χ3v) is 4.55. The second-order valence-corrected chi connectivity index (χ2v) is 7.59. The van der Waals surface area contributed by atoms with Crippen molar-refractivity contribution in [3.63, 3.8) is 0 Å². The van der Waals surface area contributed by atoms with Crippen LogP contribution in [0.5, 0.6) is 5.75 Å². The van der Waals surface area contributed by atoms with Crippen LogP contribution in [0.15, 0.2) is 55.1 Å². The van der Waals surface area contributed by atoms with Crippen LogP contribution in [0.3, 0.4) is 0 Å². The van der Waals surface area contributed by atoms with Crippen molar-refractivity contribution in [3.05, 3.63) is 60.1 Å². The Bertz CT molecular complexity index is 927. The van der Waals surface area contributed by atoms with Crippen molar-refractivity contribution in [1.29, 1.82) is 0 Å². The Hall–Kier alpha value is -2.99. The molecule has 2 aromatic rings. The van der Waals surface area contributed by atoms with E-state index in [1.54, 1.807) is 53.4 Å². The molecule has 0 atom stereocenters. The highest BCUT2D eigenvalue weighted by Crippen LogP contribution is 2.38. The van der Waals surface area contributed by atoms with Gasteiger partial charge in [-0.25, -0.2) is 4.79 Å². The van der Waals surface area contributed by atoms with Crippen LogP contribution in [0.25, 0.3) is 0 Å². The highest BCUT2D eigenvalue weighted by molar-refractivity contribution is 6.30. The number of nitrogens with one attached hydrogen (secondary N) is 2. The van der Waals surface area contributed by atoms with Gasteiger partial charge in [0.2, 0.25) is 5.91 Å². The van der Waals surface area contributed by atoms with Gasteiger partial charge in [-0.2, -0.15) is 0 Å². The van der Waals surface area contributed by atoms with Crippen LogP contribution in [0, 0.1) is 5.41 Å². The van der Waals surface area contributed by atoms with E-state index >= 15 is 0 Å². The molecule has 0 saturated heterocycles. The second-order valence-electron chi connectivity index (χ2n) is 7.15. The Kier molecular flexibility index (Phi) is 5.61. The summed E-state index contributed by atoms with van der Waals surface area (Å²) in [5.41, 5.74) is 1.03. The molecule has 0 radical (unpaired) electrons. The van der Waals surface area contributed by atoms with Gasteiger partial charge < -0.3 is 20.3 Å². The van der Waals surface area contributed by atoms with Gasteiger partial charge in [0.15, 0.2) is 0 Å². The first-order valence-electron chi connectivity index (χ1n) is 8.83. The number of halogens is 1. The Balaban J connectivity index is 1.83. The fourth-order valence-electron chi connectivity index (χ4n) is 2.89. The maximum absolute atomic E-state index is 12.9. The van der Waals surface area contributed by atoms with E-state index in [4.69, 9.17) is 16.3 Å². The van der Waals surface area contributed by atoms with Gasteiger partial charge in [-0.1, -0.05) is 23.7 Å². The van der Waals surface area contributed by atoms with Crippen molar-refractivity contribution in [2.75, 3.05) is 28.7 Å². The number of hydrogen-bond acceptors (Lipinski definition) is 3. The average Bonchev–Trinajstić information content (AvgIpc) is 2.72. The molecule has 3 amide bonds. The number of amides is 3. The van der Waals surface area contributed by atoms with Gasteiger partial charge in [-0.05, 0) is 50.2 Å². The van der Waals surface area contributed by atoms with Gasteiger partial charge in [0.25, 0.3) is 0 Å². The first-order valence-corrected chi connectivity index (χ1v) is 9.21. The molecule has 2 aromatic carbocycles. The zero-order chi connectivity index (χ0) is 20.3. The van der Waals surface area contributed by atoms with Crippen molar-refractivity contribution >= 4 is 40.6 Å². The maximum Gasteiger partial charge on any atom is 0.323 e. The van der Waals surface area contributed by atoms with Gasteiger partial charge >= 0.3 is 6.03 Å². The highest BCUT2D eigenvalue weighted by atomic mass is 35.5. The molecule has 0 saturated carbocycles. The molecule has 0 aliphatic carbocycles. The molecular formula is C21H22ClN3O3. The SMILES string of the molecule is C=CCN1C(=O)C(C)(C)COc2ccc(NC(=O)Nc3cccc(Cl)c3)cc21. The van der Waals surface area contributed by atoms with Gasteiger partial charge in [0.1, 0.15) is 12.4 Å². The van der Waals surface area contributed by atoms with Gasteiger partial charge in [-0.3, -0.25) is 4.79 Å². The lowest BCUT2D eigenvalue weighted by Crippen LogP contribution is -2.42. The van der Waals surface area contributed by atoms with Gasteiger partial charge in [-0.15, -0.1) is 6.58 Å². The molecular weight excluding hydrogens is 378 g/mol. The van der Waals surface area contributed by atoms with Crippen LogP contribution in [-0.2, 0) is 4.79 Å². The van der Waals surface area contributed by atoms with Crippen LogP contribution < -0.4 is 20.3 Å². The summed E-state index contributed by atoms with van der Waals surface area (Å²) in [6, 6.07) is 11.6. The number of rotatable bonds is 4. The van der Waals surface area contributed by atoms with E-state index in [1.807, 2.05) is 13.8 Å². The molecule has 146 valence electrons. The van der Waals surface area contributed by atoms with E-state index < -0.39 is 11.4 Å². The molecule has 2 N–H and O–H groups in total. The summed E-state index contributed by atoms with van der Waals surface area (Å²) in [6.45, 7) is 8.04. The molecule has 1 aliphatic rings. The fourth-order valence-corrected chi connectivity index (χ4v) is 3.08. The van der Waals surface area contributed by atoms with Gasteiger partial charge in [0.05, 0.1) is 11.1 Å². The Morgan fingerprint density at radius 2 is 1.96 bits per heavy atom. The quantitative estimate of drug-likeness (QED) is 0.716. The molecule has 6 nitrogen and oxygen atoms in total. The summed E-state index contributed by atoms with van der Waals surface area (Å²) >= 11 is 5.93. The minimum absolute atomic E-state index is 0.0633. The van der Waals surface area contributed by atoms with Crippen LogP contribution in [0.2, 0.25) is 5.02 Å². The fraction of sp³-hybridized carbons (Fsp3) is 0.238. The predicted octanol–water partition coefficient (Wildman–Crippen LogP) is 4.92. The number of benzene rings is 2. The number of carbonyl (C=O) groups is 2. The molecule has 1 heterocycles. The topological polar surface area (TPSA) is 70.7 Å². The summed E-state index contributed by atoms with van der Waals surface area (Å²) in [5.74, 6) is 0.522. The lowest BCUT2D eigenvalue weighted by atomic mass is 9.93. The number of ether oxygens (including phenoxy) is 1. The van der Waals surface area contributed by atoms with Crippen molar-refractivity contribution < 1.29 is 14.3 Å². The number of fused-ring (bicyclic) bond motifs is 1. The maximum atomic E-state index is 12.9. The van der Waals surface area contributed by atoms with Crippen molar-refractivity contribution in [1.82, 2.24) is 0 Å². The summed E-state index contributed by atoms with van der Waals surface area (Å²) in [6.07, 6.45) is 1.66. The number of urea groups is 1. The Morgan fingerprint density at radius 1 is 1.25 bits per heavy atom. The smallest absolute Gasteiger partial charge is 0.323 e. The lowest BCUT2D eigenvalue weighted by molar-refractivity contribution is -0.127. The summed E-state index contributed by atoms with van der Waals surface area (Å²) in [7, 11) is 0. The van der Waals surface area contributed by atoms with Crippen molar-refractivity contribution in [3.8, 4) is 5.75 Å². The molecule has 0 spiro atoms. The standard InChI is InChI=1S/C21H22ClN3O3/c1-4-10-25-17-12-16(8-9-18(17)28-13-21(2,3)19(25)26)24-20(27)23-15-7-5-6-14(22)11-15/h4-9,11-12H,1,10,13H2,2-3H3,(H2,23,24,27). The van der Waals surface area contributed by atoms with Crippen LogP contribution in [-0.4, -0.2) is 25.1 Å². The van der Waals surface area contributed by atoms with Gasteiger partial charge in [0, 0.05) is 22.9 Å². The number of hydrogen-bond donors (Lipinski definition) is 2. The zero-order valence-corrected chi connectivity index (χ0v) is 16.5. The molecule has 7 heteroatoms. The van der Waals surface area contributed by atoms with E-state index in [0.717, 1.165) is 0 Å². The molecule has 3 rings (SSSR count). The van der Waals surface area contributed by atoms with E-state index in [9.17, 15) is 9.59 Å². The number of carbonyl (C=O) groups excluding carboxylic acids is 2. The molecule has 1 aliphatic heterocycles. The molecule has 0 fully saturated rings. The monoisotopic (exact) mass is 399 g/mol. The summed E-state index contributed by atoms with van der Waals surface area (Å²) in [5, 5.41) is 6.01. The third-order valence-electron chi connectivity index (χ3n) is 4.31. The van der Waals surface area contributed by atoms with E-state index in [2.05, 4.69) is 17.2 Å². The largest absolute Gasteiger partial charge is 0.490 e. The second kappa shape index (κ2) is 7.94. The number of anilines is 3. The van der Waals surface area contributed by atoms with E-state index in [0.29, 0.717) is 34.4 Å². The van der Waals surface area contributed by atoms with E-state index in [-0.39, 0.29) is 12.5 Å². The highest BCUT2D eigenvalue weighted by Gasteiger charge is 2.37. The van der Waals surface area contributed by atoms with Crippen molar-refractivity contribution in [2.24, 2.45) is 5.41 Å². The van der Waals surface area contributed by atoms with Crippen LogP contribution in [0.1, 0.15) is 13.8 Å². The zero-order valence-electron chi connectivity index (χ0n) is 15.8. The Labute approximate surface area is 169 Å². The molecule has 0 aromatic heterocycles. The van der Waals surface area contributed by atoms with Crippen LogP contribution in [0.4, 0.5) is 21.9 Å². The minimum Gasteiger partial charge on any atom is -0.490 e.